The molecule has 0 atom stereocenters. The van der Waals surface area contributed by atoms with Crippen molar-refractivity contribution in [3.05, 3.63) is 27.2 Å². The van der Waals surface area contributed by atoms with Gasteiger partial charge < -0.3 is 19.7 Å². The van der Waals surface area contributed by atoms with Crippen LogP contribution >= 0.6 is 27.5 Å². The van der Waals surface area contributed by atoms with E-state index in [0.717, 1.165) is 48.6 Å². The molecule has 1 aromatic carbocycles. The van der Waals surface area contributed by atoms with Crippen molar-refractivity contribution in [3.63, 3.8) is 0 Å². The molecule has 24 heavy (non-hydrogen) atoms. The van der Waals surface area contributed by atoms with Crippen LogP contribution in [0.15, 0.2) is 16.6 Å². The third-order valence-electron chi connectivity index (χ3n) is 3.08. The molecule has 0 bridgehead atoms. The third-order valence-corrected chi connectivity index (χ3v) is 3.95. The standard InChI is InChI=1S/C13H17BrClNO2.C2H2O4/c1-10-8-11(14)13(12(15)9-10)18-7-4-16-2-5-17-6-3-16;3-1(4)2(5)6/h8-9H,2-7H2,1H3;(H,3,4)(H,5,6). The van der Waals surface area contributed by atoms with Gasteiger partial charge in [0.15, 0.2) is 5.75 Å². The largest absolute Gasteiger partial charge is 0.490 e. The minimum absolute atomic E-state index is 0.640. The van der Waals surface area contributed by atoms with Gasteiger partial charge in [-0.05, 0) is 40.5 Å². The van der Waals surface area contributed by atoms with E-state index < -0.39 is 11.9 Å². The first-order valence-electron chi connectivity index (χ1n) is 7.16. The number of hydrogen-bond donors (Lipinski definition) is 2. The fourth-order valence-electron chi connectivity index (χ4n) is 1.93. The summed E-state index contributed by atoms with van der Waals surface area (Å²) in [5.41, 5.74) is 1.12. The Kier molecular flexibility index (Phi) is 9.05. The van der Waals surface area contributed by atoms with Gasteiger partial charge in [-0.15, -0.1) is 0 Å². The molecule has 2 N–H and O–H groups in total. The molecular formula is C15H19BrClNO6. The van der Waals surface area contributed by atoms with Crippen molar-refractivity contribution < 1.29 is 29.3 Å². The van der Waals surface area contributed by atoms with Crippen molar-refractivity contribution in [1.82, 2.24) is 4.90 Å². The fourth-order valence-corrected chi connectivity index (χ4v) is 3.06. The van der Waals surface area contributed by atoms with Gasteiger partial charge in [0, 0.05) is 19.6 Å². The molecule has 0 spiro atoms. The summed E-state index contributed by atoms with van der Waals surface area (Å²) < 4.78 is 12.0. The molecule has 0 amide bonds. The van der Waals surface area contributed by atoms with Crippen LogP contribution < -0.4 is 4.74 Å². The van der Waals surface area contributed by atoms with Crippen molar-refractivity contribution in [3.8, 4) is 5.75 Å². The van der Waals surface area contributed by atoms with Crippen LogP contribution in [0.3, 0.4) is 0 Å². The van der Waals surface area contributed by atoms with E-state index in [2.05, 4.69) is 20.8 Å². The maximum Gasteiger partial charge on any atom is 0.414 e. The van der Waals surface area contributed by atoms with Gasteiger partial charge in [0.25, 0.3) is 0 Å². The molecule has 2 rings (SSSR count). The topological polar surface area (TPSA) is 96.3 Å². The molecule has 1 aliphatic rings. The highest BCUT2D eigenvalue weighted by atomic mass is 79.9. The normalized spacial score (nSPS) is 14.5. The van der Waals surface area contributed by atoms with E-state index in [1.54, 1.807) is 0 Å². The van der Waals surface area contributed by atoms with E-state index >= 15 is 0 Å². The number of benzene rings is 1. The quantitative estimate of drug-likeness (QED) is 0.716. The van der Waals surface area contributed by atoms with Crippen LogP contribution in [-0.2, 0) is 14.3 Å². The molecule has 0 aromatic heterocycles. The van der Waals surface area contributed by atoms with Crippen LogP contribution in [0.25, 0.3) is 0 Å². The highest BCUT2D eigenvalue weighted by Crippen LogP contribution is 2.34. The van der Waals surface area contributed by atoms with Crippen molar-refractivity contribution in [2.24, 2.45) is 0 Å². The Morgan fingerprint density at radius 3 is 2.38 bits per heavy atom. The van der Waals surface area contributed by atoms with E-state index in [9.17, 15) is 0 Å². The summed E-state index contributed by atoms with van der Waals surface area (Å²) in [7, 11) is 0. The maximum atomic E-state index is 9.10. The van der Waals surface area contributed by atoms with Crippen molar-refractivity contribution in [1.29, 1.82) is 0 Å². The summed E-state index contributed by atoms with van der Waals surface area (Å²) in [5, 5.41) is 15.4. The second-order valence-corrected chi connectivity index (χ2v) is 6.23. The Hall–Kier alpha value is -1.35. The van der Waals surface area contributed by atoms with E-state index in [0.29, 0.717) is 11.6 Å². The number of hydrogen-bond acceptors (Lipinski definition) is 5. The van der Waals surface area contributed by atoms with Gasteiger partial charge in [-0.25, -0.2) is 9.59 Å². The Bertz CT molecular complexity index is 542. The number of carboxylic acid groups (broad SMARTS) is 2. The average Bonchev–Trinajstić information content (AvgIpc) is 2.51. The van der Waals surface area contributed by atoms with Gasteiger partial charge >= 0.3 is 11.9 Å². The summed E-state index contributed by atoms with van der Waals surface area (Å²) >= 11 is 9.65. The lowest BCUT2D eigenvalue weighted by atomic mass is 10.2. The van der Waals surface area contributed by atoms with Crippen molar-refractivity contribution >= 4 is 39.5 Å². The number of halogens is 2. The lowest BCUT2D eigenvalue weighted by Crippen LogP contribution is -2.38. The van der Waals surface area contributed by atoms with Gasteiger partial charge in [0.05, 0.1) is 22.7 Å². The summed E-state index contributed by atoms with van der Waals surface area (Å²) in [6.45, 7) is 7.14. The number of carbonyl (C=O) groups is 2. The zero-order chi connectivity index (χ0) is 18.1. The van der Waals surface area contributed by atoms with Crippen LogP contribution in [0.5, 0.6) is 5.75 Å². The Morgan fingerprint density at radius 2 is 1.88 bits per heavy atom. The molecule has 7 nitrogen and oxygen atoms in total. The molecule has 0 radical (unpaired) electrons. The van der Waals surface area contributed by atoms with E-state index in [1.165, 1.54) is 0 Å². The molecule has 0 aliphatic carbocycles. The fraction of sp³-hybridized carbons (Fsp3) is 0.467. The molecule has 1 fully saturated rings. The van der Waals surface area contributed by atoms with Gasteiger partial charge in [-0.3, -0.25) is 4.90 Å². The number of carboxylic acids is 2. The second-order valence-electron chi connectivity index (χ2n) is 4.97. The lowest BCUT2D eigenvalue weighted by Gasteiger charge is -2.26. The molecule has 1 heterocycles. The summed E-state index contributed by atoms with van der Waals surface area (Å²) in [6.07, 6.45) is 0. The summed E-state index contributed by atoms with van der Waals surface area (Å²) in [4.78, 5) is 20.5. The maximum absolute atomic E-state index is 9.10. The first kappa shape index (κ1) is 20.7. The number of morpholine rings is 1. The molecule has 1 aliphatic heterocycles. The Morgan fingerprint density at radius 1 is 1.29 bits per heavy atom. The number of ether oxygens (including phenoxy) is 2. The van der Waals surface area contributed by atoms with E-state index in [1.807, 2.05) is 19.1 Å². The van der Waals surface area contributed by atoms with Crippen molar-refractivity contribution in [2.45, 2.75) is 6.92 Å². The summed E-state index contributed by atoms with van der Waals surface area (Å²) in [6, 6.07) is 3.92. The second kappa shape index (κ2) is 10.5. The molecule has 1 saturated heterocycles. The molecular weight excluding hydrogens is 406 g/mol. The Labute approximate surface area is 153 Å². The molecule has 134 valence electrons. The van der Waals surface area contributed by atoms with Gasteiger partial charge in [-0.2, -0.15) is 0 Å². The number of rotatable bonds is 4. The third kappa shape index (κ3) is 7.48. The smallest absolute Gasteiger partial charge is 0.414 e. The van der Waals surface area contributed by atoms with Crippen LogP contribution in [0, 0.1) is 6.92 Å². The summed E-state index contributed by atoms with van der Waals surface area (Å²) in [5.74, 6) is -2.92. The SMILES string of the molecule is Cc1cc(Cl)c(OCCN2CCOCC2)c(Br)c1.O=C(O)C(=O)O. The van der Waals surface area contributed by atoms with Crippen molar-refractivity contribution in [2.75, 3.05) is 39.5 Å². The number of aliphatic carboxylic acids is 2. The zero-order valence-electron chi connectivity index (χ0n) is 13.1. The van der Waals surface area contributed by atoms with Crippen LogP contribution in [0.1, 0.15) is 5.56 Å². The minimum Gasteiger partial charge on any atom is -0.490 e. The predicted molar refractivity (Wildman–Crippen MR) is 91.9 cm³/mol. The van der Waals surface area contributed by atoms with Crippen LogP contribution in [0.4, 0.5) is 0 Å². The highest BCUT2D eigenvalue weighted by Gasteiger charge is 2.12. The monoisotopic (exact) mass is 423 g/mol. The van der Waals surface area contributed by atoms with Gasteiger partial charge in [-0.1, -0.05) is 11.6 Å². The molecule has 0 saturated carbocycles. The van der Waals surface area contributed by atoms with Gasteiger partial charge in [0.1, 0.15) is 6.61 Å². The first-order valence-corrected chi connectivity index (χ1v) is 8.33. The average molecular weight is 425 g/mol. The minimum atomic E-state index is -1.82. The Balaban J connectivity index is 0.000000413. The lowest BCUT2D eigenvalue weighted by molar-refractivity contribution is -0.159. The van der Waals surface area contributed by atoms with E-state index in [-0.39, 0.29) is 0 Å². The highest BCUT2D eigenvalue weighted by molar-refractivity contribution is 9.10. The number of nitrogens with zero attached hydrogens (tertiary/aromatic N) is 1. The van der Waals surface area contributed by atoms with E-state index in [4.69, 9.17) is 40.9 Å². The zero-order valence-corrected chi connectivity index (χ0v) is 15.5. The van der Waals surface area contributed by atoms with Crippen LogP contribution in [0.2, 0.25) is 5.02 Å². The molecule has 9 heteroatoms. The predicted octanol–water partition coefficient (Wildman–Crippen LogP) is 2.28. The molecule has 1 aromatic rings. The first-order chi connectivity index (χ1) is 11.3. The van der Waals surface area contributed by atoms with Gasteiger partial charge in [0.2, 0.25) is 0 Å². The molecule has 0 unspecified atom stereocenters. The van der Waals surface area contributed by atoms with Crippen LogP contribution in [-0.4, -0.2) is 66.5 Å². The number of aryl methyl sites for hydroxylation is 1.